The summed E-state index contributed by atoms with van der Waals surface area (Å²) >= 11 is 1.81. The summed E-state index contributed by atoms with van der Waals surface area (Å²) < 4.78 is 7.19. The Bertz CT molecular complexity index is 914. The van der Waals surface area contributed by atoms with Crippen LogP contribution in [0.1, 0.15) is 15.6 Å². The minimum Gasteiger partial charge on any atom is -0.383 e. The van der Waals surface area contributed by atoms with Crippen molar-refractivity contribution in [2.24, 2.45) is 0 Å². The first kappa shape index (κ1) is 18.3. The normalized spacial score (nSPS) is 15.7. The third kappa shape index (κ3) is 3.80. The molecular formula is C18H25N7OS. The molecule has 0 saturated carbocycles. The van der Waals surface area contributed by atoms with Gasteiger partial charge in [0.1, 0.15) is 6.33 Å². The Kier molecular flexibility index (Phi) is 5.33. The molecule has 9 heteroatoms. The zero-order chi connectivity index (χ0) is 18.8. The summed E-state index contributed by atoms with van der Waals surface area (Å²) in [6.07, 6.45) is 3.46. The first-order valence-corrected chi connectivity index (χ1v) is 10.0. The molecule has 1 saturated heterocycles. The lowest BCUT2D eigenvalue weighted by Crippen LogP contribution is -2.46. The smallest absolute Gasteiger partial charge is 0.165 e. The van der Waals surface area contributed by atoms with Crippen molar-refractivity contribution < 1.29 is 4.74 Å². The van der Waals surface area contributed by atoms with E-state index in [2.05, 4.69) is 43.6 Å². The maximum Gasteiger partial charge on any atom is 0.165 e. The van der Waals surface area contributed by atoms with Gasteiger partial charge in [-0.05, 0) is 13.8 Å². The molecule has 1 fully saturated rings. The van der Waals surface area contributed by atoms with Gasteiger partial charge in [0, 0.05) is 51.3 Å². The number of fused-ring (bicyclic) bond motifs is 1. The molecule has 27 heavy (non-hydrogen) atoms. The van der Waals surface area contributed by atoms with Crippen LogP contribution in [0.2, 0.25) is 0 Å². The first-order valence-electron chi connectivity index (χ1n) is 9.20. The van der Waals surface area contributed by atoms with Crippen molar-refractivity contribution in [3.63, 3.8) is 0 Å². The average molecular weight is 388 g/mol. The molecular weight excluding hydrogens is 362 g/mol. The Balaban J connectivity index is 1.45. The fourth-order valence-electron chi connectivity index (χ4n) is 3.49. The Morgan fingerprint density at radius 1 is 1.11 bits per heavy atom. The van der Waals surface area contributed by atoms with E-state index < -0.39 is 0 Å². The number of hydrogen-bond acceptors (Lipinski definition) is 8. The molecule has 0 aliphatic carbocycles. The van der Waals surface area contributed by atoms with Crippen molar-refractivity contribution in [2.75, 3.05) is 44.8 Å². The molecule has 1 aliphatic heterocycles. The third-order valence-electron chi connectivity index (χ3n) is 4.96. The number of hydrogen-bond donors (Lipinski definition) is 0. The molecule has 144 valence electrons. The Morgan fingerprint density at radius 2 is 1.93 bits per heavy atom. The van der Waals surface area contributed by atoms with Gasteiger partial charge < -0.3 is 14.2 Å². The summed E-state index contributed by atoms with van der Waals surface area (Å²) in [4.78, 5) is 24.3. The standard InChI is InChI=1S/C18H25N7OS/c1-13-15(27-14(2)22-13)10-23-4-6-24(7-5-23)17-16-18(20-11-19-17)25(12-21-16)8-9-26-3/h11-12H,4-10H2,1-3H3. The SMILES string of the molecule is COCCn1cnc2c(N3CCN(Cc4sc(C)nc4C)CC3)ncnc21. The zero-order valence-corrected chi connectivity index (χ0v) is 16.9. The second kappa shape index (κ2) is 7.87. The van der Waals surface area contributed by atoms with Gasteiger partial charge in [-0.25, -0.2) is 19.9 Å². The van der Waals surface area contributed by atoms with Gasteiger partial charge >= 0.3 is 0 Å². The van der Waals surface area contributed by atoms with E-state index in [9.17, 15) is 0 Å². The highest BCUT2D eigenvalue weighted by molar-refractivity contribution is 7.11. The third-order valence-corrected chi connectivity index (χ3v) is 6.01. The highest BCUT2D eigenvalue weighted by Crippen LogP contribution is 2.24. The van der Waals surface area contributed by atoms with Gasteiger partial charge in [0.2, 0.25) is 0 Å². The average Bonchev–Trinajstić information content (AvgIpc) is 3.23. The number of nitrogens with zero attached hydrogens (tertiary/aromatic N) is 7. The molecule has 0 atom stereocenters. The van der Waals surface area contributed by atoms with Crippen molar-refractivity contribution >= 4 is 28.3 Å². The number of ether oxygens (including phenoxy) is 1. The second-order valence-corrected chi connectivity index (χ2v) is 8.09. The van der Waals surface area contributed by atoms with Crippen molar-refractivity contribution in [2.45, 2.75) is 26.9 Å². The fourth-order valence-corrected chi connectivity index (χ4v) is 4.47. The summed E-state index contributed by atoms with van der Waals surface area (Å²) in [6.45, 7) is 10.4. The number of aromatic nitrogens is 5. The van der Waals surface area contributed by atoms with E-state index in [4.69, 9.17) is 4.74 Å². The van der Waals surface area contributed by atoms with Crippen LogP contribution in [0.15, 0.2) is 12.7 Å². The van der Waals surface area contributed by atoms with Gasteiger partial charge in [0.05, 0.1) is 23.6 Å². The Labute approximate surface area is 162 Å². The van der Waals surface area contributed by atoms with Gasteiger partial charge in [0.15, 0.2) is 17.0 Å². The predicted molar refractivity (Wildman–Crippen MR) is 106 cm³/mol. The maximum absolute atomic E-state index is 5.17. The topological polar surface area (TPSA) is 72.2 Å². The molecule has 0 unspecified atom stereocenters. The maximum atomic E-state index is 5.17. The van der Waals surface area contributed by atoms with Crippen LogP contribution < -0.4 is 4.90 Å². The van der Waals surface area contributed by atoms with Gasteiger partial charge in [-0.3, -0.25) is 4.90 Å². The lowest BCUT2D eigenvalue weighted by Gasteiger charge is -2.35. The number of aryl methyl sites for hydroxylation is 2. The lowest BCUT2D eigenvalue weighted by molar-refractivity contribution is 0.188. The molecule has 8 nitrogen and oxygen atoms in total. The van der Waals surface area contributed by atoms with Crippen LogP contribution in [0.5, 0.6) is 0 Å². The highest BCUT2D eigenvalue weighted by Gasteiger charge is 2.22. The lowest BCUT2D eigenvalue weighted by atomic mass is 10.2. The molecule has 0 bridgehead atoms. The van der Waals surface area contributed by atoms with Gasteiger partial charge in [-0.15, -0.1) is 11.3 Å². The summed E-state index contributed by atoms with van der Waals surface area (Å²) in [7, 11) is 1.70. The van der Waals surface area contributed by atoms with Crippen LogP contribution >= 0.6 is 11.3 Å². The number of methoxy groups -OCH3 is 1. The van der Waals surface area contributed by atoms with Crippen LogP contribution in [-0.4, -0.2) is 69.3 Å². The predicted octanol–water partition coefficient (Wildman–Crippen LogP) is 1.87. The van der Waals surface area contributed by atoms with E-state index in [1.807, 2.05) is 10.9 Å². The molecule has 0 aromatic carbocycles. The van der Waals surface area contributed by atoms with Crippen LogP contribution in [0.25, 0.3) is 11.2 Å². The molecule has 1 aliphatic rings. The van der Waals surface area contributed by atoms with Gasteiger partial charge in [-0.1, -0.05) is 0 Å². The van der Waals surface area contributed by atoms with Crippen LogP contribution in [0.3, 0.4) is 0 Å². The van der Waals surface area contributed by atoms with Gasteiger partial charge in [0.25, 0.3) is 0 Å². The van der Waals surface area contributed by atoms with Crippen molar-refractivity contribution in [3.05, 3.63) is 28.2 Å². The number of imidazole rings is 1. The highest BCUT2D eigenvalue weighted by atomic mass is 32.1. The minimum absolute atomic E-state index is 0.639. The number of thiazole rings is 1. The van der Waals surface area contributed by atoms with Crippen molar-refractivity contribution in [3.8, 4) is 0 Å². The molecule has 4 rings (SSSR count). The van der Waals surface area contributed by atoms with E-state index in [-0.39, 0.29) is 0 Å². The quantitative estimate of drug-likeness (QED) is 0.639. The van der Waals surface area contributed by atoms with Crippen LogP contribution in [-0.2, 0) is 17.8 Å². The van der Waals surface area contributed by atoms with Crippen LogP contribution in [0.4, 0.5) is 5.82 Å². The van der Waals surface area contributed by atoms with Crippen LogP contribution in [0, 0.1) is 13.8 Å². The summed E-state index contributed by atoms with van der Waals surface area (Å²) in [5, 5.41) is 1.15. The molecule has 3 aromatic heterocycles. The van der Waals surface area contributed by atoms with Crippen molar-refractivity contribution in [1.82, 2.24) is 29.4 Å². The molecule has 0 N–H and O–H groups in total. The summed E-state index contributed by atoms with van der Waals surface area (Å²) in [5.74, 6) is 0.931. The molecule has 0 spiro atoms. The second-order valence-electron chi connectivity index (χ2n) is 6.80. The largest absolute Gasteiger partial charge is 0.383 e. The Morgan fingerprint density at radius 3 is 2.63 bits per heavy atom. The minimum atomic E-state index is 0.639. The van der Waals surface area contributed by atoms with E-state index in [0.717, 1.165) is 61.3 Å². The van der Waals surface area contributed by atoms with E-state index in [1.165, 1.54) is 10.6 Å². The number of piperazine rings is 1. The fraction of sp³-hybridized carbons (Fsp3) is 0.556. The zero-order valence-electron chi connectivity index (χ0n) is 16.1. The Hall–Kier alpha value is -2.10. The molecule has 0 radical (unpaired) electrons. The van der Waals surface area contributed by atoms with E-state index in [0.29, 0.717) is 6.61 Å². The van der Waals surface area contributed by atoms with E-state index in [1.54, 1.807) is 24.8 Å². The monoisotopic (exact) mass is 387 g/mol. The van der Waals surface area contributed by atoms with Crippen molar-refractivity contribution in [1.29, 1.82) is 0 Å². The number of rotatable bonds is 6. The van der Waals surface area contributed by atoms with Gasteiger partial charge in [-0.2, -0.15) is 0 Å². The summed E-state index contributed by atoms with van der Waals surface area (Å²) in [5.41, 5.74) is 2.91. The molecule has 0 amide bonds. The first-order chi connectivity index (χ1) is 13.2. The summed E-state index contributed by atoms with van der Waals surface area (Å²) in [6, 6.07) is 0. The molecule has 3 aromatic rings. The molecule has 4 heterocycles. The van der Waals surface area contributed by atoms with E-state index >= 15 is 0 Å². The number of anilines is 1.